The number of ketones is 1. The Morgan fingerprint density at radius 2 is 1.55 bits per heavy atom. The molecule has 2 atom stereocenters. The van der Waals surface area contributed by atoms with Crippen LogP contribution in [0.3, 0.4) is 0 Å². The van der Waals surface area contributed by atoms with Crippen LogP contribution in [0.5, 0.6) is 0 Å². The maximum atomic E-state index is 13.9. The third-order valence-electron chi connectivity index (χ3n) is 4.28. The monoisotopic (exact) mass is 486 g/mol. The fraction of sp³-hybridized carbons (Fsp3) is 0.929. The molecule has 0 saturated carbocycles. The maximum absolute atomic E-state index is 13.9. The van der Waals surface area contributed by atoms with Gasteiger partial charge in [-0.1, -0.05) is 13.8 Å². The van der Waals surface area contributed by atoms with Gasteiger partial charge in [-0.15, -0.1) is 10.3 Å². The topological polar surface area (TPSA) is 60.4 Å². The average molecular weight is 486 g/mol. The number of carbonyl (C=O) groups excluding carboxylic acids is 1. The molecule has 0 bridgehead atoms. The van der Waals surface area contributed by atoms with Crippen molar-refractivity contribution in [3.63, 3.8) is 0 Å². The smallest absolute Gasteiger partial charge is 0.299 e. The average Bonchev–Trinajstić information content (AvgIpc) is 2.52. The Labute approximate surface area is 162 Å². The number of halogens is 9. The summed E-state index contributed by atoms with van der Waals surface area (Å²) < 4.78 is 146. The van der Waals surface area contributed by atoms with Gasteiger partial charge < -0.3 is 0 Å². The van der Waals surface area contributed by atoms with Gasteiger partial charge in [0.2, 0.25) is 0 Å². The Bertz CT molecular complexity index is 721. The Balaban J connectivity index is 3.41. The van der Waals surface area contributed by atoms with Crippen molar-refractivity contribution in [1.82, 2.24) is 0 Å². The standard InChI is InChI=1S/C14H19F9O4S2/c1-3-10(24)8-28(6-4-5-9(2)7-28)27-29(25,26)14(22,23)12(17,18)11(15,16)13(19,20)21/h9H,3-8H2,1-2H3. The van der Waals surface area contributed by atoms with Gasteiger partial charge >= 0.3 is 33.4 Å². The summed E-state index contributed by atoms with van der Waals surface area (Å²) >= 11 is 0. The third-order valence-corrected chi connectivity index (χ3v) is 10.1. The summed E-state index contributed by atoms with van der Waals surface area (Å²) in [5, 5.41) is -6.91. The van der Waals surface area contributed by atoms with Crippen LogP contribution < -0.4 is 0 Å². The summed E-state index contributed by atoms with van der Waals surface area (Å²) in [5.74, 6) is -17.0. The molecular formula is C14H19F9O4S2. The van der Waals surface area contributed by atoms with Crippen LogP contribution in [0.1, 0.15) is 33.1 Å². The number of hydrogen-bond acceptors (Lipinski definition) is 4. The quantitative estimate of drug-likeness (QED) is 0.459. The first-order chi connectivity index (χ1) is 12.8. The second kappa shape index (κ2) is 8.09. The molecule has 1 fully saturated rings. The van der Waals surface area contributed by atoms with E-state index < -0.39 is 55.2 Å². The van der Waals surface area contributed by atoms with Crippen molar-refractivity contribution in [2.75, 3.05) is 17.3 Å². The summed E-state index contributed by atoms with van der Waals surface area (Å²) in [5.41, 5.74) is 0. The van der Waals surface area contributed by atoms with E-state index in [2.05, 4.69) is 3.63 Å². The Hall–Kier alpha value is -0.700. The highest BCUT2D eigenvalue weighted by atomic mass is 32.3. The van der Waals surface area contributed by atoms with Gasteiger partial charge in [0.05, 0.1) is 5.75 Å². The first-order valence-electron chi connectivity index (χ1n) is 8.20. The summed E-state index contributed by atoms with van der Waals surface area (Å²) in [6, 6.07) is 0. The van der Waals surface area contributed by atoms with Gasteiger partial charge in [-0.3, -0.25) is 4.79 Å². The third kappa shape index (κ3) is 4.81. The van der Waals surface area contributed by atoms with E-state index in [1.807, 2.05) is 0 Å². The van der Waals surface area contributed by atoms with Gasteiger partial charge in [0.25, 0.3) is 0 Å². The number of carbonyl (C=O) groups is 1. The lowest BCUT2D eigenvalue weighted by molar-refractivity contribution is -0.382. The van der Waals surface area contributed by atoms with Crippen LogP contribution in [-0.4, -0.2) is 54.7 Å². The second-order valence-corrected chi connectivity index (χ2v) is 11.7. The lowest BCUT2D eigenvalue weighted by atomic mass is 10.1. The minimum Gasteiger partial charge on any atom is -0.299 e. The summed E-state index contributed by atoms with van der Waals surface area (Å²) in [6.07, 6.45) is -6.69. The highest BCUT2D eigenvalue weighted by Gasteiger charge is 2.86. The largest absolute Gasteiger partial charge is 0.460 e. The molecule has 0 aromatic rings. The first kappa shape index (κ1) is 26.3. The predicted octanol–water partition coefficient (Wildman–Crippen LogP) is 4.89. The van der Waals surface area contributed by atoms with Crippen molar-refractivity contribution in [3.8, 4) is 0 Å². The fourth-order valence-electron chi connectivity index (χ4n) is 2.74. The van der Waals surface area contributed by atoms with Crippen LogP contribution in [0.15, 0.2) is 0 Å². The predicted molar refractivity (Wildman–Crippen MR) is 86.8 cm³/mol. The lowest BCUT2D eigenvalue weighted by Crippen LogP contribution is -2.63. The Kier molecular flexibility index (Phi) is 7.35. The van der Waals surface area contributed by atoms with Crippen LogP contribution in [0, 0.1) is 5.92 Å². The van der Waals surface area contributed by atoms with E-state index in [9.17, 15) is 52.7 Å². The van der Waals surface area contributed by atoms with Crippen molar-refractivity contribution in [3.05, 3.63) is 0 Å². The molecule has 15 heteroatoms. The fourth-order valence-corrected chi connectivity index (χ4v) is 8.85. The number of hydrogen-bond donors (Lipinski definition) is 0. The zero-order valence-corrected chi connectivity index (χ0v) is 16.8. The molecule has 2 unspecified atom stereocenters. The molecule has 0 aromatic carbocycles. The van der Waals surface area contributed by atoms with Gasteiger partial charge in [0.1, 0.15) is 5.78 Å². The normalized spacial score (nSPS) is 27.3. The molecule has 0 amide bonds. The molecule has 4 nitrogen and oxygen atoms in total. The van der Waals surface area contributed by atoms with Gasteiger partial charge in [0, 0.05) is 17.9 Å². The highest BCUT2D eigenvalue weighted by Crippen LogP contribution is 2.61. The summed E-state index contributed by atoms with van der Waals surface area (Å²) in [7, 11) is -10.3. The van der Waals surface area contributed by atoms with Gasteiger partial charge in [0.15, 0.2) is 0 Å². The van der Waals surface area contributed by atoms with Crippen LogP contribution in [0.4, 0.5) is 39.5 Å². The number of alkyl halides is 9. The molecule has 1 saturated heterocycles. The molecule has 0 N–H and O–H groups in total. The zero-order valence-electron chi connectivity index (χ0n) is 15.2. The van der Waals surface area contributed by atoms with E-state index in [1.165, 1.54) is 13.8 Å². The summed E-state index contributed by atoms with van der Waals surface area (Å²) in [4.78, 5) is 11.8. The Morgan fingerprint density at radius 3 is 1.97 bits per heavy atom. The van der Waals surface area contributed by atoms with Crippen molar-refractivity contribution < 1.29 is 56.4 Å². The van der Waals surface area contributed by atoms with Crippen molar-refractivity contribution in [2.24, 2.45) is 5.92 Å². The van der Waals surface area contributed by atoms with E-state index in [1.54, 1.807) is 0 Å². The second-order valence-electron chi connectivity index (χ2n) is 6.81. The lowest BCUT2D eigenvalue weighted by Gasteiger charge is -2.44. The molecule has 0 aliphatic carbocycles. The van der Waals surface area contributed by atoms with Crippen molar-refractivity contribution >= 4 is 26.2 Å². The van der Waals surface area contributed by atoms with Gasteiger partial charge in [-0.25, -0.2) is 3.63 Å². The molecular weight excluding hydrogens is 467 g/mol. The molecule has 0 spiro atoms. The maximum Gasteiger partial charge on any atom is 0.460 e. The van der Waals surface area contributed by atoms with Crippen LogP contribution >= 0.6 is 10.3 Å². The minimum absolute atomic E-state index is 0.170. The molecule has 1 aliphatic heterocycles. The molecule has 0 aromatic heterocycles. The molecule has 0 radical (unpaired) electrons. The zero-order chi connectivity index (χ0) is 23.1. The Morgan fingerprint density at radius 1 is 1.03 bits per heavy atom. The first-order valence-corrected chi connectivity index (χ1v) is 11.7. The van der Waals surface area contributed by atoms with Crippen LogP contribution in [0.2, 0.25) is 0 Å². The van der Waals surface area contributed by atoms with Gasteiger partial charge in [-0.2, -0.15) is 47.9 Å². The highest BCUT2D eigenvalue weighted by molar-refractivity contribution is 8.33. The molecule has 1 aliphatic rings. The van der Waals surface area contributed by atoms with E-state index >= 15 is 0 Å². The molecule has 1 rings (SSSR count). The minimum atomic E-state index is -7.36. The van der Waals surface area contributed by atoms with Crippen molar-refractivity contribution in [1.29, 1.82) is 0 Å². The molecule has 29 heavy (non-hydrogen) atoms. The SMILES string of the molecule is CCC(=O)CS1(OS(=O)(=O)C(F)(F)C(F)(F)C(F)(F)C(F)(F)F)CCCC(C)C1. The van der Waals surface area contributed by atoms with Crippen LogP contribution in [0.25, 0.3) is 0 Å². The summed E-state index contributed by atoms with van der Waals surface area (Å²) in [6.45, 7) is 2.89. The van der Waals surface area contributed by atoms with E-state index in [-0.39, 0.29) is 30.3 Å². The number of rotatable bonds is 8. The molecule has 1 heterocycles. The number of Topliss-reactive ketones (excluding diaryl/α,β-unsaturated/α-hetero) is 1. The van der Waals surface area contributed by atoms with E-state index in [4.69, 9.17) is 0 Å². The van der Waals surface area contributed by atoms with Gasteiger partial charge in [-0.05, 0) is 18.8 Å². The molecule has 174 valence electrons. The van der Waals surface area contributed by atoms with Crippen molar-refractivity contribution in [2.45, 2.75) is 56.4 Å². The van der Waals surface area contributed by atoms with Crippen LogP contribution in [-0.2, 0) is 18.5 Å². The van der Waals surface area contributed by atoms with E-state index in [0.717, 1.165) is 0 Å². The van der Waals surface area contributed by atoms with E-state index in [0.29, 0.717) is 6.42 Å².